The van der Waals surface area contributed by atoms with E-state index in [-0.39, 0.29) is 6.61 Å². The molecular weight excluding hydrogens is 202 g/mol. The first-order chi connectivity index (χ1) is 7.90. The van der Waals surface area contributed by atoms with Crippen LogP contribution >= 0.6 is 0 Å². The Balaban J connectivity index is 2.07. The molecule has 82 valence electrons. The SMILES string of the molecule is OCc1c(-c2ccccc2)noc1C1CC1. The zero-order valence-electron chi connectivity index (χ0n) is 8.89. The van der Waals surface area contributed by atoms with Gasteiger partial charge in [0.05, 0.1) is 6.61 Å². The minimum atomic E-state index is -0.000436. The molecule has 1 heterocycles. The van der Waals surface area contributed by atoms with E-state index in [0.717, 1.165) is 35.4 Å². The van der Waals surface area contributed by atoms with Crippen LogP contribution in [0.25, 0.3) is 11.3 Å². The molecule has 1 saturated carbocycles. The molecule has 3 rings (SSSR count). The number of nitrogens with zero attached hydrogens (tertiary/aromatic N) is 1. The molecule has 3 heteroatoms. The number of rotatable bonds is 3. The Labute approximate surface area is 93.7 Å². The maximum Gasteiger partial charge on any atom is 0.145 e. The zero-order valence-corrected chi connectivity index (χ0v) is 8.89. The molecule has 1 N–H and O–H groups in total. The number of benzene rings is 1. The normalized spacial score (nSPS) is 15.3. The summed E-state index contributed by atoms with van der Waals surface area (Å²) in [4.78, 5) is 0. The Kier molecular flexibility index (Phi) is 2.26. The van der Waals surface area contributed by atoms with E-state index in [9.17, 15) is 5.11 Å². The van der Waals surface area contributed by atoms with Crippen LogP contribution in [0.3, 0.4) is 0 Å². The summed E-state index contributed by atoms with van der Waals surface area (Å²) < 4.78 is 5.36. The van der Waals surface area contributed by atoms with Gasteiger partial charge >= 0.3 is 0 Å². The molecule has 1 aliphatic rings. The van der Waals surface area contributed by atoms with Gasteiger partial charge in [0.2, 0.25) is 0 Å². The molecular formula is C13H13NO2. The van der Waals surface area contributed by atoms with Gasteiger partial charge < -0.3 is 9.63 Å². The van der Waals surface area contributed by atoms with Crippen LogP contribution in [0.5, 0.6) is 0 Å². The molecule has 1 aromatic heterocycles. The molecule has 0 aliphatic heterocycles. The Morgan fingerprint density at radius 3 is 2.62 bits per heavy atom. The van der Waals surface area contributed by atoms with Crippen LogP contribution in [-0.2, 0) is 6.61 Å². The van der Waals surface area contributed by atoms with Crippen molar-refractivity contribution in [3.8, 4) is 11.3 Å². The number of aliphatic hydroxyl groups is 1. The van der Waals surface area contributed by atoms with Crippen LogP contribution in [0.15, 0.2) is 34.9 Å². The highest BCUT2D eigenvalue weighted by Gasteiger charge is 2.32. The maximum absolute atomic E-state index is 9.43. The van der Waals surface area contributed by atoms with Crippen molar-refractivity contribution in [3.05, 3.63) is 41.7 Å². The van der Waals surface area contributed by atoms with Gasteiger partial charge in [-0.05, 0) is 12.8 Å². The van der Waals surface area contributed by atoms with Crippen LogP contribution in [0.1, 0.15) is 30.1 Å². The van der Waals surface area contributed by atoms with Gasteiger partial charge in [0.1, 0.15) is 11.5 Å². The number of hydrogen-bond acceptors (Lipinski definition) is 3. The first kappa shape index (κ1) is 9.60. The molecule has 0 radical (unpaired) electrons. The standard InChI is InChI=1S/C13H13NO2/c15-8-11-12(9-4-2-1-3-5-9)14-16-13(11)10-6-7-10/h1-5,10,15H,6-8H2. The van der Waals surface area contributed by atoms with Crippen LogP contribution in [0.2, 0.25) is 0 Å². The monoisotopic (exact) mass is 215 g/mol. The van der Waals surface area contributed by atoms with E-state index in [0.29, 0.717) is 5.92 Å². The van der Waals surface area contributed by atoms with Gasteiger partial charge in [-0.15, -0.1) is 0 Å². The fourth-order valence-corrected chi connectivity index (χ4v) is 1.96. The summed E-state index contributed by atoms with van der Waals surface area (Å²) in [7, 11) is 0. The molecule has 0 atom stereocenters. The van der Waals surface area contributed by atoms with E-state index in [2.05, 4.69) is 5.16 Å². The van der Waals surface area contributed by atoms with Gasteiger partial charge in [0.15, 0.2) is 0 Å². The summed E-state index contributed by atoms with van der Waals surface area (Å²) in [5.41, 5.74) is 2.64. The smallest absolute Gasteiger partial charge is 0.145 e. The van der Waals surface area contributed by atoms with Gasteiger partial charge in [-0.1, -0.05) is 35.5 Å². The molecule has 0 saturated heterocycles. The molecule has 0 spiro atoms. The quantitative estimate of drug-likeness (QED) is 0.856. The molecule has 16 heavy (non-hydrogen) atoms. The number of aromatic nitrogens is 1. The van der Waals surface area contributed by atoms with Gasteiger partial charge in [0.25, 0.3) is 0 Å². The molecule has 1 aliphatic carbocycles. The van der Waals surface area contributed by atoms with Crippen molar-refractivity contribution in [2.45, 2.75) is 25.4 Å². The lowest BCUT2D eigenvalue weighted by Gasteiger charge is -1.99. The minimum Gasteiger partial charge on any atom is -0.391 e. The van der Waals surface area contributed by atoms with Crippen LogP contribution in [0.4, 0.5) is 0 Å². The van der Waals surface area contributed by atoms with E-state index >= 15 is 0 Å². The lowest BCUT2D eigenvalue weighted by molar-refractivity contribution is 0.277. The van der Waals surface area contributed by atoms with Crippen molar-refractivity contribution < 1.29 is 9.63 Å². The minimum absolute atomic E-state index is 0.000436. The molecule has 1 aromatic carbocycles. The van der Waals surface area contributed by atoms with E-state index in [4.69, 9.17) is 4.52 Å². The van der Waals surface area contributed by atoms with Gasteiger partial charge in [0, 0.05) is 17.0 Å². The summed E-state index contributed by atoms with van der Waals surface area (Å²) in [6, 6.07) is 9.84. The summed E-state index contributed by atoms with van der Waals surface area (Å²) in [6.45, 7) is -0.000436. The van der Waals surface area contributed by atoms with Crippen molar-refractivity contribution in [2.75, 3.05) is 0 Å². The second-order valence-electron chi connectivity index (χ2n) is 4.17. The zero-order chi connectivity index (χ0) is 11.0. The Morgan fingerprint density at radius 2 is 2.00 bits per heavy atom. The third kappa shape index (κ3) is 1.53. The second kappa shape index (κ2) is 3.76. The first-order valence-electron chi connectivity index (χ1n) is 5.55. The maximum atomic E-state index is 9.43. The summed E-state index contributed by atoms with van der Waals surface area (Å²) in [5, 5.41) is 13.5. The summed E-state index contributed by atoms with van der Waals surface area (Å²) in [6.07, 6.45) is 2.30. The van der Waals surface area contributed by atoms with Gasteiger partial charge in [-0.2, -0.15) is 0 Å². The summed E-state index contributed by atoms with van der Waals surface area (Å²) >= 11 is 0. The van der Waals surface area contributed by atoms with Crippen LogP contribution in [0, 0.1) is 0 Å². The number of aliphatic hydroxyl groups excluding tert-OH is 1. The Morgan fingerprint density at radius 1 is 1.25 bits per heavy atom. The van der Waals surface area contributed by atoms with Crippen molar-refractivity contribution in [2.24, 2.45) is 0 Å². The van der Waals surface area contributed by atoms with Crippen molar-refractivity contribution in [3.63, 3.8) is 0 Å². The average molecular weight is 215 g/mol. The van der Waals surface area contributed by atoms with E-state index in [1.165, 1.54) is 0 Å². The third-order valence-corrected chi connectivity index (χ3v) is 2.97. The molecule has 3 nitrogen and oxygen atoms in total. The molecule has 1 fully saturated rings. The van der Waals surface area contributed by atoms with E-state index in [1.807, 2.05) is 30.3 Å². The van der Waals surface area contributed by atoms with Crippen molar-refractivity contribution >= 4 is 0 Å². The highest BCUT2D eigenvalue weighted by atomic mass is 16.5. The fourth-order valence-electron chi connectivity index (χ4n) is 1.96. The molecule has 0 amide bonds. The summed E-state index contributed by atoms with van der Waals surface area (Å²) in [5.74, 6) is 1.36. The largest absolute Gasteiger partial charge is 0.391 e. The molecule has 0 unspecified atom stereocenters. The lowest BCUT2D eigenvalue weighted by Crippen LogP contribution is -1.90. The van der Waals surface area contributed by atoms with E-state index < -0.39 is 0 Å². The average Bonchev–Trinajstić information content (AvgIpc) is 3.09. The number of hydrogen-bond donors (Lipinski definition) is 1. The second-order valence-corrected chi connectivity index (χ2v) is 4.17. The predicted octanol–water partition coefficient (Wildman–Crippen LogP) is 2.71. The van der Waals surface area contributed by atoms with Gasteiger partial charge in [-0.25, -0.2) is 0 Å². The van der Waals surface area contributed by atoms with Crippen LogP contribution in [-0.4, -0.2) is 10.3 Å². The van der Waals surface area contributed by atoms with Crippen molar-refractivity contribution in [1.82, 2.24) is 5.16 Å². The fraction of sp³-hybridized carbons (Fsp3) is 0.308. The van der Waals surface area contributed by atoms with Gasteiger partial charge in [-0.3, -0.25) is 0 Å². The topological polar surface area (TPSA) is 46.3 Å². The molecule has 0 bridgehead atoms. The van der Waals surface area contributed by atoms with Crippen LogP contribution < -0.4 is 0 Å². The predicted molar refractivity (Wildman–Crippen MR) is 59.8 cm³/mol. The van der Waals surface area contributed by atoms with E-state index in [1.54, 1.807) is 0 Å². The highest BCUT2D eigenvalue weighted by molar-refractivity contribution is 5.63. The lowest BCUT2D eigenvalue weighted by atomic mass is 10.1. The Hall–Kier alpha value is -1.61. The Bertz CT molecular complexity index is 486. The first-order valence-corrected chi connectivity index (χ1v) is 5.55. The third-order valence-electron chi connectivity index (χ3n) is 2.97. The highest BCUT2D eigenvalue weighted by Crippen LogP contribution is 2.43. The van der Waals surface area contributed by atoms with Crippen molar-refractivity contribution in [1.29, 1.82) is 0 Å². The molecule has 2 aromatic rings.